The number of hydrogen-bond acceptors (Lipinski definition) is 6. The number of carbonyl (C=O) groups excluding carboxylic acids is 1. The summed E-state index contributed by atoms with van der Waals surface area (Å²) in [5, 5.41) is 15.5. The van der Waals surface area contributed by atoms with E-state index in [2.05, 4.69) is 21.4 Å². The number of carbonyl (C=O) groups is 2. The van der Waals surface area contributed by atoms with Gasteiger partial charge in [0, 0.05) is 0 Å². The molecule has 1 aliphatic rings. The van der Waals surface area contributed by atoms with Crippen LogP contribution in [0.1, 0.15) is 35.4 Å². The van der Waals surface area contributed by atoms with E-state index in [-0.39, 0.29) is 18.4 Å². The lowest BCUT2D eigenvalue weighted by molar-refractivity contribution is -0.137. The fourth-order valence-corrected chi connectivity index (χ4v) is 1.97. The zero-order valence-corrected chi connectivity index (χ0v) is 10.7. The molecule has 1 fully saturated rings. The fourth-order valence-electron chi connectivity index (χ4n) is 1.97. The van der Waals surface area contributed by atoms with Gasteiger partial charge in [-0.05, 0) is 19.4 Å². The van der Waals surface area contributed by atoms with Gasteiger partial charge in [-0.3, -0.25) is 9.59 Å². The number of aliphatic carboxylic acids is 1. The Morgan fingerprint density at radius 1 is 1.60 bits per heavy atom. The van der Waals surface area contributed by atoms with Crippen LogP contribution in [0, 0.1) is 12.3 Å². The number of nitrogens with one attached hydrogen (secondary N) is 1. The summed E-state index contributed by atoms with van der Waals surface area (Å²) in [4.78, 5) is 27.7. The Balaban J connectivity index is 2.10. The molecule has 106 valence electrons. The zero-order chi connectivity index (χ0) is 14.5. The lowest BCUT2D eigenvalue weighted by atomic mass is 10.2. The highest BCUT2D eigenvalue weighted by atomic mass is 16.5. The SMILES string of the molecule is C#CCN(CC(=O)O)C(=O)c1noc(C2CCCN2)n1. The highest BCUT2D eigenvalue weighted by molar-refractivity contribution is 5.92. The molecule has 0 aromatic carbocycles. The number of carboxylic acid groups (broad SMARTS) is 1. The molecule has 1 amide bonds. The third-order valence-electron chi connectivity index (χ3n) is 2.89. The molecule has 8 heteroatoms. The van der Waals surface area contributed by atoms with Crippen molar-refractivity contribution in [3.8, 4) is 12.3 Å². The van der Waals surface area contributed by atoms with E-state index in [0.29, 0.717) is 5.89 Å². The highest BCUT2D eigenvalue weighted by Crippen LogP contribution is 2.21. The molecule has 1 aromatic rings. The van der Waals surface area contributed by atoms with Crippen molar-refractivity contribution >= 4 is 11.9 Å². The lowest BCUT2D eigenvalue weighted by Crippen LogP contribution is -2.36. The van der Waals surface area contributed by atoms with E-state index in [1.165, 1.54) is 0 Å². The molecule has 1 saturated heterocycles. The average Bonchev–Trinajstić information content (AvgIpc) is 3.07. The molecule has 2 heterocycles. The first-order valence-electron chi connectivity index (χ1n) is 6.13. The first-order valence-corrected chi connectivity index (χ1v) is 6.13. The van der Waals surface area contributed by atoms with Crippen molar-refractivity contribution in [1.29, 1.82) is 0 Å². The number of amides is 1. The Morgan fingerprint density at radius 3 is 3.00 bits per heavy atom. The third kappa shape index (κ3) is 3.13. The van der Waals surface area contributed by atoms with Gasteiger partial charge in [-0.2, -0.15) is 4.98 Å². The number of aromatic nitrogens is 2. The predicted molar refractivity (Wildman–Crippen MR) is 66.6 cm³/mol. The Kier molecular flexibility index (Phi) is 4.32. The standard InChI is InChI=1S/C12H14N4O4/c1-2-6-16(7-9(17)18)12(19)10-14-11(20-15-10)8-4-3-5-13-8/h1,8,13H,3-7H2,(H,17,18). The summed E-state index contributed by atoms with van der Waals surface area (Å²) in [6, 6.07) is -0.0513. The Labute approximate surface area is 115 Å². The van der Waals surface area contributed by atoms with Gasteiger partial charge in [0.2, 0.25) is 5.89 Å². The quantitative estimate of drug-likeness (QED) is 0.709. The van der Waals surface area contributed by atoms with E-state index in [0.717, 1.165) is 24.3 Å². The van der Waals surface area contributed by atoms with Gasteiger partial charge in [-0.1, -0.05) is 11.1 Å². The number of hydrogen-bond donors (Lipinski definition) is 2. The summed E-state index contributed by atoms with van der Waals surface area (Å²) in [5.74, 6) is 0.576. The van der Waals surface area contributed by atoms with E-state index in [1.54, 1.807) is 0 Å². The van der Waals surface area contributed by atoms with Crippen molar-refractivity contribution in [2.45, 2.75) is 18.9 Å². The fraction of sp³-hybridized carbons (Fsp3) is 0.500. The van der Waals surface area contributed by atoms with Crippen LogP contribution in [0.3, 0.4) is 0 Å². The van der Waals surface area contributed by atoms with E-state index in [4.69, 9.17) is 16.1 Å². The third-order valence-corrected chi connectivity index (χ3v) is 2.89. The summed E-state index contributed by atoms with van der Waals surface area (Å²) in [6.07, 6.45) is 6.97. The van der Waals surface area contributed by atoms with E-state index >= 15 is 0 Å². The minimum absolute atomic E-state index is 0.0513. The normalized spacial score (nSPS) is 17.6. The summed E-state index contributed by atoms with van der Waals surface area (Å²) in [7, 11) is 0. The van der Waals surface area contributed by atoms with Crippen molar-refractivity contribution in [3.05, 3.63) is 11.7 Å². The van der Waals surface area contributed by atoms with Gasteiger partial charge in [0.1, 0.15) is 6.54 Å². The molecule has 0 spiro atoms. The maximum Gasteiger partial charge on any atom is 0.323 e. The molecule has 0 saturated carbocycles. The van der Waals surface area contributed by atoms with Gasteiger partial charge in [-0.25, -0.2) is 0 Å². The highest BCUT2D eigenvalue weighted by Gasteiger charge is 2.27. The minimum atomic E-state index is -1.16. The van der Waals surface area contributed by atoms with Gasteiger partial charge in [0.25, 0.3) is 11.7 Å². The van der Waals surface area contributed by atoms with Crippen molar-refractivity contribution < 1.29 is 19.2 Å². The van der Waals surface area contributed by atoms with Gasteiger partial charge in [0.15, 0.2) is 0 Å². The summed E-state index contributed by atoms with van der Waals surface area (Å²) < 4.78 is 5.03. The molecule has 0 radical (unpaired) electrons. The van der Waals surface area contributed by atoms with Gasteiger partial charge in [0.05, 0.1) is 12.6 Å². The van der Waals surface area contributed by atoms with Gasteiger partial charge >= 0.3 is 5.97 Å². The van der Waals surface area contributed by atoms with Gasteiger partial charge in [-0.15, -0.1) is 6.42 Å². The number of carboxylic acids is 1. The van der Waals surface area contributed by atoms with E-state index in [9.17, 15) is 9.59 Å². The van der Waals surface area contributed by atoms with Crippen LogP contribution in [0.5, 0.6) is 0 Å². The minimum Gasteiger partial charge on any atom is -0.480 e. The van der Waals surface area contributed by atoms with Crippen LogP contribution in [0.15, 0.2) is 4.52 Å². The average molecular weight is 278 g/mol. The van der Waals surface area contributed by atoms with Crippen LogP contribution < -0.4 is 5.32 Å². The maximum atomic E-state index is 12.1. The zero-order valence-electron chi connectivity index (χ0n) is 10.7. The number of nitrogens with zero attached hydrogens (tertiary/aromatic N) is 3. The molecule has 2 N–H and O–H groups in total. The molecule has 20 heavy (non-hydrogen) atoms. The van der Waals surface area contributed by atoms with Crippen LogP contribution in [-0.4, -0.2) is 51.7 Å². The number of terminal acetylenes is 1. The molecular formula is C12H14N4O4. The van der Waals surface area contributed by atoms with Crippen molar-refractivity contribution in [2.24, 2.45) is 0 Å². The second-order valence-electron chi connectivity index (χ2n) is 4.36. The van der Waals surface area contributed by atoms with Crippen LogP contribution in [0.4, 0.5) is 0 Å². The Hall–Kier alpha value is -2.40. The lowest BCUT2D eigenvalue weighted by Gasteiger charge is -2.15. The first kappa shape index (κ1) is 14.0. The molecule has 2 rings (SSSR count). The first-order chi connectivity index (χ1) is 9.61. The molecule has 1 atom stereocenters. The Morgan fingerprint density at radius 2 is 2.40 bits per heavy atom. The van der Waals surface area contributed by atoms with Crippen LogP contribution >= 0.6 is 0 Å². The van der Waals surface area contributed by atoms with Crippen molar-refractivity contribution in [1.82, 2.24) is 20.4 Å². The summed E-state index contributed by atoms with van der Waals surface area (Å²) in [6.45, 7) is 0.226. The molecule has 1 aliphatic heterocycles. The monoisotopic (exact) mass is 278 g/mol. The predicted octanol–water partition coefficient (Wildman–Crippen LogP) is -0.346. The maximum absolute atomic E-state index is 12.1. The van der Waals surface area contributed by atoms with Crippen molar-refractivity contribution in [3.63, 3.8) is 0 Å². The number of rotatable bonds is 5. The van der Waals surface area contributed by atoms with Gasteiger partial charge < -0.3 is 19.8 Å². The topological polar surface area (TPSA) is 109 Å². The summed E-state index contributed by atoms with van der Waals surface area (Å²) in [5.41, 5.74) is 0. The molecule has 8 nitrogen and oxygen atoms in total. The molecule has 0 bridgehead atoms. The summed E-state index contributed by atoms with van der Waals surface area (Å²) >= 11 is 0. The second-order valence-corrected chi connectivity index (χ2v) is 4.36. The van der Waals surface area contributed by atoms with Crippen LogP contribution in [-0.2, 0) is 4.79 Å². The van der Waals surface area contributed by atoms with Crippen molar-refractivity contribution in [2.75, 3.05) is 19.6 Å². The largest absolute Gasteiger partial charge is 0.480 e. The molecular weight excluding hydrogens is 264 g/mol. The second kappa shape index (κ2) is 6.16. The van der Waals surface area contributed by atoms with E-state index in [1.807, 2.05) is 0 Å². The molecule has 0 aliphatic carbocycles. The van der Waals surface area contributed by atoms with Crippen LogP contribution in [0.2, 0.25) is 0 Å². The van der Waals surface area contributed by atoms with E-state index < -0.39 is 18.4 Å². The molecule has 1 aromatic heterocycles. The van der Waals surface area contributed by atoms with Crippen LogP contribution in [0.25, 0.3) is 0 Å². The Bertz CT molecular complexity index is 542. The molecule has 1 unspecified atom stereocenters. The smallest absolute Gasteiger partial charge is 0.323 e.